The maximum atomic E-state index is 4.56. The molecule has 0 radical (unpaired) electrons. The van der Waals surface area contributed by atoms with Gasteiger partial charge in [-0.1, -0.05) is 50.2 Å². The Bertz CT molecular complexity index is 474. The third-order valence-electron chi connectivity index (χ3n) is 3.08. The molecule has 0 bridgehead atoms. The molecule has 0 atom stereocenters. The molecule has 0 aliphatic heterocycles. The number of aryl methyl sites for hydroxylation is 2. The van der Waals surface area contributed by atoms with Crippen molar-refractivity contribution in [2.75, 3.05) is 0 Å². The van der Waals surface area contributed by atoms with Crippen LogP contribution in [-0.4, -0.2) is 4.98 Å². The van der Waals surface area contributed by atoms with Crippen LogP contribution in [0.25, 0.3) is 0 Å². The Morgan fingerprint density at radius 1 is 0.941 bits per heavy atom. The van der Waals surface area contributed by atoms with E-state index in [1.54, 1.807) is 0 Å². The average Bonchev–Trinajstić information content (AvgIpc) is 2.40. The van der Waals surface area contributed by atoms with Gasteiger partial charge in [-0.05, 0) is 36.0 Å². The van der Waals surface area contributed by atoms with E-state index >= 15 is 0 Å². The summed E-state index contributed by atoms with van der Waals surface area (Å²) >= 11 is 0. The molecule has 2 rings (SSSR count). The molecule has 2 aromatic rings. The first-order valence-electron chi connectivity index (χ1n) is 6.34. The summed E-state index contributed by atoms with van der Waals surface area (Å²) in [4.78, 5) is 4.56. The van der Waals surface area contributed by atoms with E-state index in [1.807, 2.05) is 6.20 Å². The number of aromatic nitrogens is 1. The van der Waals surface area contributed by atoms with Gasteiger partial charge >= 0.3 is 0 Å². The monoisotopic (exact) mass is 225 g/mol. The molecule has 0 spiro atoms. The lowest BCUT2D eigenvalue weighted by Crippen LogP contribution is -1.98. The van der Waals surface area contributed by atoms with Crippen LogP contribution in [0.15, 0.2) is 42.6 Å². The van der Waals surface area contributed by atoms with E-state index in [2.05, 4.69) is 55.2 Å². The largest absolute Gasteiger partial charge is 0.261 e. The number of hydrogen-bond acceptors (Lipinski definition) is 1. The summed E-state index contributed by atoms with van der Waals surface area (Å²) in [7, 11) is 0. The summed E-state index contributed by atoms with van der Waals surface area (Å²) in [6, 6.07) is 12.9. The van der Waals surface area contributed by atoms with Crippen LogP contribution in [0.1, 0.15) is 36.2 Å². The van der Waals surface area contributed by atoms with Crippen LogP contribution in [0.4, 0.5) is 0 Å². The topological polar surface area (TPSA) is 12.9 Å². The fourth-order valence-electron chi connectivity index (χ4n) is 2.14. The molecule has 0 amide bonds. The Morgan fingerprint density at radius 2 is 1.71 bits per heavy atom. The third kappa shape index (κ3) is 2.94. The first kappa shape index (κ1) is 11.8. The zero-order chi connectivity index (χ0) is 12.1. The molecule has 1 heteroatoms. The van der Waals surface area contributed by atoms with Gasteiger partial charge in [-0.15, -0.1) is 0 Å². The van der Waals surface area contributed by atoms with Crippen LogP contribution in [0.2, 0.25) is 0 Å². The van der Waals surface area contributed by atoms with E-state index in [9.17, 15) is 0 Å². The lowest BCUT2D eigenvalue weighted by Gasteiger charge is -2.08. The number of hydrogen-bond donors (Lipinski definition) is 0. The van der Waals surface area contributed by atoms with E-state index in [1.165, 1.54) is 22.4 Å². The minimum Gasteiger partial charge on any atom is -0.261 e. The molecular formula is C16H19N. The molecule has 1 aromatic heterocycles. The smallest absolute Gasteiger partial charge is 0.0432 e. The Labute approximate surface area is 104 Å². The van der Waals surface area contributed by atoms with Gasteiger partial charge in [-0.2, -0.15) is 0 Å². The third-order valence-corrected chi connectivity index (χ3v) is 3.08. The van der Waals surface area contributed by atoms with Gasteiger partial charge in [0.2, 0.25) is 0 Å². The van der Waals surface area contributed by atoms with Crippen molar-refractivity contribution in [3.8, 4) is 0 Å². The van der Waals surface area contributed by atoms with Gasteiger partial charge in [0.15, 0.2) is 0 Å². The fourth-order valence-corrected chi connectivity index (χ4v) is 2.14. The minimum absolute atomic E-state index is 0.977. The van der Waals surface area contributed by atoms with Crippen molar-refractivity contribution in [2.24, 2.45) is 0 Å². The molecule has 0 aliphatic carbocycles. The highest BCUT2D eigenvalue weighted by atomic mass is 14.7. The molecule has 1 aromatic carbocycles. The zero-order valence-corrected chi connectivity index (χ0v) is 10.6. The summed E-state index contributed by atoms with van der Waals surface area (Å²) in [6.07, 6.45) is 5.09. The van der Waals surface area contributed by atoms with E-state index in [0.717, 1.165) is 19.3 Å². The fraction of sp³-hybridized carbons (Fsp3) is 0.312. The molecule has 1 nitrogen and oxygen atoms in total. The summed E-state index contributed by atoms with van der Waals surface area (Å²) in [5, 5.41) is 0. The zero-order valence-electron chi connectivity index (χ0n) is 10.6. The number of benzene rings is 1. The normalized spacial score (nSPS) is 10.5. The second-order valence-electron chi connectivity index (χ2n) is 4.32. The van der Waals surface area contributed by atoms with E-state index in [-0.39, 0.29) is 0 Å². The second kappa shape index (κ2) is 5.62. The average molecular weight is 225 g/mol. The molecule has 1 heterocycles. The predicted octanol–water partition coefficient (Wildman–Crippen LogP) is 3.80. The van der Waals surface area contributed by atoms with Crippen molar-refractivity contribution in [3.63, 3.8) is 0 Å². The highest BCUT2D eigenvalue weighted by molar-refractivity contribution is 5.30. The Balaban J connectivity index is 2.22. The van der Waals surface area contributed by atoms with Crippen molar-refractivity contribution in [2.45, 2.75) is 33.1 Å². The predicted molar refractivity (Wildman–Crippen MR) is 72.2 cm³/mol. The van der Waals surface area contributed by atoms with Crippen molar-refractivity contribution < 1.29 is 0 Å². The van der Waals surface area contributed by atoms with Crippen molar-refractivity contribution in [1.82, 2.24) is 4.98 Å². The lowest BCUT2D eigenvalue weighted by molar-refractivity contribution is 0.947. The van der Waals surface area contributed by atoms with E-state index < -0.39 is 0 Å². The molecule has 0 N–H and O–H groups in total. The van der Waals surface area contributed by atoms with Crippen LogP contribution < -0.4 is 0 Å². The van der Waals surface area contributed by atoms with Crippen LogP contribution in [-0.2, 0) is 19.3 Å². The van der Waals surface area contributed by atoms with Gasteiger partial charge in [-0.25, -0.2) is 0 Å². The van der Waals surface area contributed by atoms with Gasteiger partial charge in [0.1, 0.15) is 0 Å². The van der Waals surface area contributed by atoms with Gasteiger partial charge in [-0.3, -0.25) is 4.98 Å². The van der Waals surface area contributed by atoms with Crippen molar-refractivity contribution in [3.05, 3.63) is 65.0 Å². The molecule has 0 saturated heterocycles. The first-order chi connectivity index (χ1) is 8.33. The van der Waals surface area contributed by atoms with Gasteiger partial charge in [0, 0.05) is 11.9 Å². The standard InChI is InChI=1S/C16H19N/c1-3-15-11-14(12-17-16(15)4-2)10-13-8-6-5-7-9-13/h5-9,11-12H,3-4,10H2,1-2H3. The molecule has 0 fully saturated rings. The Morgan fingerprint density at radius 3 is 2.35 bits per heavy atom. The first-order valence-corrected chi connectivity index (χ1v) is 6.34. The maximum absolute atomic E-state index is 4.56. The highest BCUT2D eigenvalue weighted by Gasteiger charge is 2.03. The SMILES string of the molecule is CCc1cc(Cc2ccccc2)cnc1CC. The lowest BCUT2D eigenvalue weighted by atomic mass is 10.0. The Hall–Kier alpha value is -1.63. The number of nitrogens with zero attached hydrogens (tertiary/aromatic N) is 1. The van der Waals surface area contributed by atoms with Crippen LogP contribution in [0.5, 0.6) is 0 Å². The number of rotatable bonds is 4. The van der Waals surface area contributed by atoms with Gasteiger partial charge in [0.25, 0.3) is 0 Å². The van der Waals surface area contributed by atoms with Gasteiger partial charge < -0.3 is 0 Å². The molecule has 0 unspecified atom stereocenters. The van der Waals surface area contributed by atoms with Gasteiger partial charge in [0.05, 0.1) is 0 Å². The summed E-state index contributed by atoms with van der Waals surface area (Å²) < 4.78 is 0. The van der Waals surface area contributed by atoms with Crippen LogP contribution in [0, 0.1) is 0 Å². The second-order valence-corrected chi connectivity index (χ2v) is 4.32. The van der Waals surface area contributed by atoms with E-state index in [0.29, 0.717) is 0 Å². The number of pyridine rings is 1. The molecule has 88 valence electrons. The maximum Gasteiger partial charge on any atom is 0.0432 e. The van der Waals surface area contributed by atoms with Crippen LogP contribution in [0.3, 0.4) is 0 Å². The van der Waals surface area contributed by atoms with Crippen LogP contribution >= 0.6 is 0 Å². The van der Waals surface area contributed by atoms with E-state index in [4.69, 9.17) is 0 Å². The molecule has 17 heavy (non-hydrogen) atoms. The Kier molecular flexibility index (Phi) is 3.92. The summed E-state index contributed by atoms with van der Waals surface area (Å²) in [5.74, 6) is 0. The van der Waals surface area contributed by atoms with Crippen molar-refractivity contribution >= 4 is 0 Å². The summed E-state index contributed by atoms with van der Waals surface area (Å²) in [5.41, 5.74) is 5.29. The van der Waals surface area contributed by atoms with Crippen molar-refractivity contribution in [1.29, 1.82) is 0 Å². The molecular weight excluding hydrogens is 206 g/mol. The quantitative estimate of drug-likeness (QED) is 0.771. The molecule has 0 saturated carbocycles. The summed E-state index contributed by atoms with van der Waals surface area (Å²) in [6.45, 7) is 4.36. The minimum atomic E-state index is 0.977. The highest BCUT2D eigenvalue weighted by Crippen LogP contribution is 2.14. The molecule has 0 aliphatic rings.